The molecule has 31 heavy (non-hydrogen) atoms. The SMILES string of the molecule is COc1ccc(C(=O)OCC(=O)N(C)CCC#N)cc1S(=O)(=O)Nc1ccc(C)cc1. The maximum atomic E-state index is 12.9. The molecular formula is C21H23N3O6S. The molecule has 2 rings (SSSR count). The number of sulfonamides is 1. The van der Waals surface area contributed by atoms with E-state index < -0.39 is 28.5 Å². The summed E-state index contributed by atoms with van der Waals surface area (Å²) in [6.45, 7) is 1.56. The Kier molecular flexibility index (Phi) is 7.99. The lowest BCUT2D eigenvalue weighted by molar-refractivity contribution is -0.133. The van der Waals surface area contributed by atoms with Gasteiger partial charge in [0.2, 0.25) is 0 Å². The highest BCUT2D eigenvalue weighted by Gasteiger charge is 2.23. The van der Waals surface area contributed by atoms with E-state index in [2.05, 4.69) is 4.72 Å². The van der Waals surface area contributed by atoms with E-state index in [1.807, 2.05) is 13.0 Å². The Balaban J connectivity index is 2.19. The van der Waals surface area contributed by atoms with Gasteiger partial charge in [-0.25, -0.2) is 13.2 Å². The standard InChI is InChI=1S/C21H23N3O6S/c1-15-5-8-17(9-6-15)23-31(27,28)19-13-16(7-10-18(19)29-3)21(26)30-14-20(25)24(2)12-4-11-22/h5-10,13,23H,4,12,14H2,1-3H3. The van der Waals surface area contributed by atoms with Gasteiger partial charge in [0.1, 0.15) is 10.6 Å². The summed E-state index contributed by atoms with van der Waals surface area (Å²) in [6, 6.07) is 12.5. The molecule has 1 amide bonds. The number of carbonyl (C=O) groups is 2. The molecular weight excluding hydrogens is 422 g/mol. The van der Waals surface area contributed by atoms with Gasteiger partial charge >= 0.3 is 5.97 Å². The minimum Gasteiger partial charge on any atom is -0.495 e. The molecule has 10 heteroatoms. The van der Waals surface area contributed by atoms with E-state index in [1.165, 1.54) is 31.2 Å². The second-order valence-corrected chi connectivity index (χ2v) is 8.29. The number of aryl methyl sites for hydroxylation is 1. The maximum Gasteiger partial charge on any atom is 0.338 e. The van der Waals surface area contributed by atoms with Crippen molar-refractivity contribution in [3.8, 4) is 11.8 Å². The summed E-state index contributed by atoms with van der Waals surface area (Å²) in [5, 5.41) is 8.57. The number of benzene rings is 2. The molecule has 2 aromatic rings. The second kappa shape index (κ2) is 10.4. The summed E-state index contributed by atoms with van der Waals surface area (Å²) < 4.78 is 38.3. The molecule has 164 valence electrons. The molecule has 2 aromatic carbocycles. The number of nitrogens with one attached hydrogen (secondary N) is 1. The van der Waals surface area contributed by atoms with Crippen LogP contribution in [0, 0.1) is 18.3 Å². The van der Waals surface area contributed by atoms with E-state index in [0.717, 1.165) is 11.6 Å². The Morgan fingerprint density at radius 3 is 2.45 bits per heavy atom. The smallest absolute Gasteiger partial charge is 0.338 e. The largest absolute Gasteiger partial charge is 0.495 e. The maximum absolute atomic E-state index is 12.9. The lowest BCUT2D eigenvalue weighted by Gasteiger charge is -2.16. The number of likely N-dealkylation sites (N-methyl/N-ethyl adjacent to an activating group) is 1. The summed E-state index contributed by atoms with van der Waals surface area (Å²) in [5.41, 5.74) is 1.27. The van der Waals surface area contributed by atoms with Gasteiger partial charge in [0.25, 0.3) is 15.9 Å². The zero-order valence-electron chi connectivity index (χ0n) is 17.4. The summed E-state index contributed by atoms with van der Waals surface area (Å²) in [6.07, 6.45) is 0.157. The van der Waals surface area contributed by atoms with Crippen molar-refractivity contribution in [1.29, 1.82) is 5.26 Å². The van der Waals surface area contributed by atoms with Crippen molar-refractivity contribution in [2.24, 2.45) is 0 Å². The van der Waals surface area contributed by atoms with Crippen molar-refractivity contribution in [3.05, 3.63) is 53.6 Å². The van der Waals surface area contributed by atoms with Crippen LogP contribution in [0.25, 0.3) is 0 Å². The van der Waals surface area contributed by atoms with Crippen LogP contribution in [0.1, 0.15) is 22.3 Å². The second-order valence-electron chi connectivity index (χ2n) is 6.64. The van der Waals surface area contributed by atoms with Crippen LogP contribution in [0.5, 0.6) is 5.75 Å². The quantitative estimate of drug-likeness (QED) is 0.587. The third kappa shape index (κ3) is 6.45. The van der Waals surface area contributed by atoms with Gasteiger partial charge in [-0.05, 0) is 37.3 Å². The Hall–Kier alpha value is -3.58. The van der Waals surface area contributed by atoms with Crippen LogP contribution in [0.2, 0.25) is 0 Å². The van der Waals surface area contributed by atoms with Crippen LogP contribution in [0.3, 0.4) is 0 Å². The first kappa shape index (κ1) is 23.7. The van der Waals surface area contributed by atoms with E-state index in [-0.39, 0.29) is 29.2 Å². The van der Waals surface area contributed by atoms with Gasteiger partial charge in [0.15, 0.2) is 6.61 Å². The number of methoxy groups -OCH3 is 1. The molecule has 1 N–H and O–H groups in total. The molecule has 0 aliphatic carbocycles. The average molecular weight is 445 g/mol. The number of amides is 1. The minimum atomic E-state index is -4.07. The molecule has 0 radical (unpaired) electrons. The number of carbonyl (C=O) groups excluding carboxylic acids is 2. The highest BCUT2D eigenvalue weighted by Crippen LogP contribution is 2.27. The number of esters is 1. The number of anilines is 1. The zero-order valence-corrected chi connectivity index (χ0v) is 18.2. The van der Waals surface area contributed by atoms with Crippen molar-refractivity contribution < 1.29 is 27.5 Å². The predicted octanol–water partition coefficient (Wildman–Crippen LogP) is 2.33. The van der Waals surface area contributed by atoms with Crippen LogP contribution in [-0.4, -0.2) is 52.5 Å². The number of nitrogens with zero attached hydrogens (tertiary/aromatic N) is 2. The third-order valence-corrected chi connectivity index (χ3v) is 5.71. The summed E-state index contributed by atoms with van der Waals surface area (Å²) in [5.74, 6) is -1.30. The van der Waals surface area contributed by atoms with E-state index in [4.69, 9.17) is 14.7 Å². The topological polar surface area (TPSA) is 126 Å². The Bertz CT molecular complexity index is 1090. The Morgan fingerprint density at radius 2 is 1.84 bits per heavy atom. The first-order valence-electron chi connectivity index (χ1n) is 9.23. The number of ether oxygens (including phenoxy) is 2. The molecule has 0 atom stereocenters. The van der Waals surface area contributed by atoms with Crippen LogP contribution < -0.4 is 9.46 Å². The molecule has 0 spiro atoms. The van der Waals surface area contributed by atoms with Crippen molar-refractivity contribution >= 4 is 27.6 Å². The van der Waals surface area contributed by atoms with Crippen LogP contribution in [-0.2, 0) is 19.6 Å². The van der Waals surface area contributed by atoms with Gasteiger partial charge in [-0.1, -0.05) is 17.7 Å². The molecule has 0 unspecified atom stereocenters. The molecule has 9 nitrogen and oxygen atoms in total. The first-order chi connectivity index (χ1) is 14.7. The van der Waals surface area contributed by atoms with Gasteiger partial charge in [0.05, 0.1) is 25.2 Å². The molecule has 0 saturated heterocycles. The number of hydrogen-bond acceptors (Lipinski definition) is 7. The van der Waals surface area contributed by atoms with E-state index in [1.54, 1.807) is 24.3 Å². The predicted molar refractivity (Wildman–Crippen MR) is 113 cm³/mol. The lowest BCUT2D eigenvalue weighted by atomic mass is 10.2. The van der Waals surface area contributed by atoms with Gasteiger partial charge in [-0.3, -0.25) is 9.52 Å². The molecule has 0 aliphatic rings. The summed E-state index contributed by atoms with van der Waals surface area (Å²) in [7, 11) is -1.27. The summed E-state index contributed by atoms with van der Waals surface area (Å²) >= 11 is 0. The number of rotatable bonds is 9. The average Bonchev–Trinajstić information content (AvgIpc) is 2.76. The molecule has 0 fully saturated rings. The van der Waals surface area contributed by atoms with E-state index in [9.17, 15) is 18.0 Å². The highest BCUT2D eigenvalue weighted by atomic mass is 32.2. The third-order valence-electron chi connectivity index (χ3n) is 4.30. The van der Waals surface area contributed by atoms with Crippen LogP contribution >= 0.6 is 0 Å². The van der Waals surface area contributed by atoms with Crippen molar-refractivity contribution in [3.63, 3.8) is 0 Å². The highest BCUT2D eigenvalue weighted by molar-refractivity contribution is 7.92. The molecule has 0 saturated carbocycles. The Labute approximate surface area is 181 Å². The monoisotopic (exact) mass is 445 g/mol. The van der Waals surface area contributed by atoms with Gasteiger partial charge in [0, 0.05) is 19.3 Å². The minimum absolute atomic E-state index is 0.0449. The normalized spacial score (nSPS) is 10.6. The van der Waals surface area contributed by atoms with Gasteiger partial charge < -0.3 is 14.4 Å². The van der Waals surface area contributed by atoms with E-state index in [0.29, 0.717) is 5.69 Å². The number of nitriles is 1. The summed E-state index contributed by atoms with van der Waals surface area (Å²) in [4.78, 5) is 25.3. The van der Waals surface area contributed by atoms with Gasteiger partial charge in [-0.15, -0.1) is 0 Å². The fraction of sp³-hybridized carbons (Fsp3) is 0.286. The molecule has 0 heterocycles. The van der Waals surface area contributed by atoms with Crippen molar-refractivity contribution in [1.82, 2.24) is 4.90 Å². The number of hydrogen-bond donors (Lipinski definition) is 1. The van der Waals surface area contributed by atoms with Crippen molar-refractivity contribution in [2.45, 2.75) is 18.2 Å². The Morgan fingerprint density at radius 1 is 1.16 bits per heavy atom. The van der Waals surface area contributed by atoms with Crippen molar-refractivity contribution in [2.75, 3.05) is 32.0 Å². The van der Waals surface area contributed by atoms with Crippen LogP contribution in [0.15, 0.2) is 47.4 Å². The first-order valence-corrected chi connectivity index (χ1v) is 10.7. The van der Waals surface area contributed by atoms with Gasteiger partial charge in [-0.2, -0.15) is 5.26 Å². The van der Waals surface area contributed by atoms with Crippen LogP contribution in [0.4, 0.5) is 5.69 Å². The molecule has 0 aromatic heterocycles. The lowest BCUT2D eigenvalue weighted by Crippen LogP contribution is -2.32. The fourth-order valence-corrected chi connectivity index (χ4v) is 3.76. The molecule has 0 bridgehead atoms. The zero-order chi connectivity index (χ0) is 23.0. The fourth-order valence-electron chi connectivity index (χ4n) is 2.51. The molecule has 0 aliphatic heterocycles. The van der Waals surface area contributed by atoms with E-state index >= 15 is 0 Å².